The van der Waals surface area contributed by atoms with E-state index in [-0.39, 0.29) is 36.6 Å². The van der Waals surface area contributed by atoms with Crippen molar-refractivity contribution in [2.45, 2.75) is 83.3 Å². The summed E-state index contributed by atoms with van der Waals surface area (Å²) in [6.07, 6.45) is 3.45. The van der Waals surface area contributed by atoms with Crippen molar-refractivity contribution < 1.29 is 35.9 Å². The molecular weight excluding hydrogens is 587 g/mol. The summed E-state index contributed by atoms with van der Waals surface area (Å²) < 4.78 is 80.4. The van der Waals surface area contributed by atoms with Crippen LogP contribution < -0.4 is 15.0 Å². The van der Waals surface area contributed by atoms with Crippen LogP contribution in [-0.2, 0) is 14.8 Å². The number of hydrogen-bond acceptors (Lipinski definition) is 8. The average Bonchev–Trinajstić information content (AvgIpc) is 3.33. The molecule has 1 amide bonds. The number of benzene rings is 1. The minimum atomic E-state index is -3.29. The fraction of sp³-hybridized carbons (Fsp3) is 0.621. The Balaban J connectivity index is 1.43. The van der Waals surface area contributed by atoms with E-state index in [4.69, 9.17) is 9.47 Å². The second-order valence-corrected chi connectivity index (χ2v) is 14.9. The van der Waals surface area contributed by atoms with Crippen LogP contribution in [0.1, 0.15) is 65.9 Å². The van der Waals surface area contributed by atoms with Gasteiger partial charge >= 0.3 is 6.09 Å². The number of carbonyl (C=O) groups is 1. The fourth-order valence-corrected chi connectivity index (χ4v) is 6.77. The van der Waals surface area contributed by atoms with Crippen molar-refractivity contribution in [3.05, 3.63) is 47.5 Å². The van der Waals surface area contributed by atoms with Crippen molar-refractivity contribution in [2.24, 2.45) is 5.92 Å². The zero-order valence-electron chi connectivity index (χ0n) is 25.3. The molecule has 1 N–H and O–H groups in total. The number of rotatable bonds is 8. The molecule has 10 nitrogen and oxygen atoms in total. The van der Waals surface area contributed by atoms with Crippen LogP contribution in [0, 0.1) is 23.4 Å². The third-order valence-corrected chi connectivity index (χ3v) is 10.1. The Labute approximate surface area is 251 Å². The van der Waals surface area contributed by atoms with E-state index in [1.54, 1.807) is 43.8 Å². The van der Waals surface area contributed by atoms with Crippen LogP contribution in [-0.4, -0.2) is 78.0 Å². The van der Waals surface area contributed by atoms with E-state index < -0.39 is 56.4 Å². The number of anilines is 1. The Kier molecular flexibility index (Phi) is 9.79. The molecule has 0 aliphatic carbocycles. The van der Waals surface area contributed by atoms with Crippen molar-refractivity contribution in [1.29, 1.82) is 0 Å². The zero-order chi connectivity index (χ0) is 31.7. The third kappa shape index (κ3) is 7.88. The van der Waals surface area contributed by atoms with E-state index in [9.17, 15) is 26.4 Å². The SMILES string of the molecule is CC(C)S(=O)(=O)N1CCC([C@H](C)Oc2cnc(N3C[C@H](NC(=O)OC(C)(C)C)[C@@H](c4cc(F)c(F)cc4F)C3)nc2)CC1. The normalized spacial score (nSPS) is 21.2. The molecule has 3 heterocycles. The molecule has 3 atom stereocenters. The minimum absolute atomic E-state index is 0.0801. The Morgan fingerprint density at radius 2 is 1.60 bits per heavy atom. The predicted octanol–water partition coefficient (Wildman–Crippen LogP) is 4.61. The van der Waals surface area contributed by atoms with Crippen LogP contribution >= 0.6 is 0 Å². The van der Waals surface area contributed by atoms with Gasteiger partial charge in [-0.3, -0.25) is 0 Å². The van der Waals surface area contributed by atoms with Crippen LogP contribution in [0.4, 0.5) is 23.9 Å². The standard InChI is InChI=1S/C29H40F3N5O5S/c1-17(2)43(39,40)37-9-7-19(8-10-37)18(3)41-20-13-33-27(34-14-20)36-15-22(21-11-24(31)25(32)12-23(21)30)26(16-36)35-28(38)42-29(4,5)6/h11-14,17-19,22,26H,7-10,15-16H2,1-6H3,(H,35,38)/t18-,22+,26-/m0/s1. The van der Waals surface area contributed by atoms with Crippen molar-refractivity contribution >= 4 is 22.1 Å². The lowest BCUT2D eigenvalue weighted by molar-refractivity contribution is 0.0504. The van der Waals surface area contributed by atoms with Crippen molar-refractivity contribution in [3.63, 3.8) is 0 Å². The highest BCUT2D eigenvalue weighted by atomic mass is 32.2. The molecule has 4 rings (SSSR count). The lowest BCUT2D eigenvalue weighted by Crippen LogP contribution is -2.44. The van der Waals surface area contributed by atoms with Gasteiger partial charge in [-0.1, -0.05) is 0 Å². The maximum atomic E-state index is 14.8. The number of aromatic nitrogens is 2. The Morgan fingerprint density at radius 3 is 2.19 bits per heavy atom. The number of piperidine rings is 1. The Morgan fingerprint density at radius 1 is 1.00 bits per heavy atom. The van der Waals surface area contributed by atoms with Gasteiger partial charge in [0.2, 0.25) is 16.0 Å². The summed E-state index contributed by atoms with van der Waals surface area (Å²) in [5.41, 5.74) is -0.854. The molecule has 2 aromatic rings. The van der Waals surface area contributed by atoms with E-state index in [0.29, 0.717) is 37.7 Å². The number of nitrogens with zero attached hydrogens (tertiary/aromatic N) is 4. The molecule has 0 unspecified atom stereocenters. The van der Waals surface area contributed by atoms with Gasteiger partial charge in [-0.25, -0.2) is 40.7 Å². The number of halogens is 3. The molecule has 0 spiro atoms. The molecule has 2 aliphatic rings. The first-order chi connectivity index (χ1) is 20.0. The highest BCUT2D eigenvalue weighted by Crippen LogP contribution is 2.33. The van der Waals surface area contributed by atoms with Crippen LogP contribution in [0.25, 0.3) is 0 Å². The maximum Gasteiger partial charge on any atom is 0.407 e. The molecule has 43 heavy (non-hydrogen) atoms. The predicted molar refractivity (Wildman–Crippen MR) is 155 cm³/mol. The first kappa shape index (κ1) is 32.8. The molecule has 0 bridgehead atoms. The summed E-state index contributed by atoms with van der Waals surface area (Å²) >= 11 is 0. The first-order valence-corrected chi connectivity index (χ1v) is 15.9. The topological polar surface area (TPSA) is 114 Å². The smallest absolute Gasteiger partial charge is 0.407 e. The average molecular weight is 628 g/mol. The van der Waals surface area contributed by atoms with Gasteiger partial charge in [0.1, 0.15) is 11.4 Å². The molecule has 0 radical (unpaired) electrons. The number of ether oxygens (including phenoxy) is 2. The van der Waals surface area contributed by atoms with Gasteiger partial charge in [0.05, 0.1) is 29.8 Å². The number of carbonyl (C=O) groups excluding carboxylic acids is 1. The minimum Gasteiger partial charge on any atom is -0.487 e. The molecule has 1 aromatic heterocycles. The zero-order valence-corrected chi connectivity index (χ0v) is 26.1. The number of alkyl carbamates (subject to hydrolysis) is 1. The lowest BCUT2D eigenvalue weighted by Gasteiger charge is -2.34. The second-order valence-electron chi connectivity index (χ2n) is 12.4. The van der Waals surface area contributed by atoms with E-state index in [0.717, 1.165) is 6.07 Å². The highest BCUT2D eigenvalue weighted by Gasteiger charge is 2.39. The molecule has 14 heteroatoms. The van der Waals surface area contributed by atoms with Crippen molar-refractivity contribution in [3.8, 4) is 5.75 Å². The molecule has 238 valence electrons. The number of hydrogen-bond donors (Lipinski definition) is 1. The molecule has 2 aliphatic heterocycles. The van der Waals surface area contributed by atoms with E-state index in [1.165, 1.54) is 12.4 Å². The summed E-state index contributed by atoms with van der Waals surface area (Å²) in [5, 5.41) is 2.27. The maximum absolute atomic E-state index is 14.8. The van der Waals surface area contributed by atoms with Gasteiger partial charge in [0.25, 0.3) is 0 Å². The van der Waals surface area contributed by atoms with Gasteiger partial charge < -0.3 is 19.7 Å². The Hall–Kier alpha value is -3.13. The van der Waals surface area contributed by atoms with E-state index >= 15 is 0 Å². The summed E-state index contributed by atoms with van der Waals surface area (Å²) in [6, 6.07) is 0.596. The molecular formula is C29H40F3N5O5S. The quantitative estimate of drug-likeness (QED) is 0.423. The number of sulfonamides is 1. The van der Waals surface area contributed by atoms with Crippen LogP contribution in [0.15, 0.2) is 24.5 Å². The largest absolute Gasteiger partial charge is 0.487 e. The van der Waals surface area contributed by atoms with Gasteiger partial charge in [-0.05, 0) is 71.9 Å². The highest BCUT2D eigenvalue weighted by molar-refractivity contribution is 7.89. The fourth-order valence-electron chi connectivity index (χ4n) is 5.45. The monoisotopic (exact) mass is 627 g/mol. The Bertz CT molecular complexity index is 1400. The van der Waals surface area contributed by atoms with Crippen LogP contribution in [0.5, 0.6) is 5.75 Å². The lowest BCUT2D eigenvalue weighted by atomic mass is 9.93. The van der Waals surface area contributed by atoms with E-state index in [2.05, 4.69) is 15.3 Å². The molecule has 2 fully saturated rings. The third-order valence-electron chi connectivity index (χ3n) is 7.80. The van der Waals surface area contributed by atoms with Crippen molar-refractivity contribution in [2.75, 3.05) is 31.1 Å². The first-order valence-electron chi connectivity index (χ1n) is 14.4. The summed E-state index contributed by atoms with van der Waals surface area (Å²) in [6.45, 7) is 11.6. The molecule has 2 saturated heterocycles. The van der Waals surface area contributed by atoms with Crippen molar-refractivity contribution in [1.82, 2.24) is 19.6 Å². The second kappa shape index (κ2) is 12.8. The molecule has 0 saturated carbocycles. The van der Waals surface area contributed by atoms with Gasteiger partial charge in [-0.2, -0.15) is 0 Å². The van der Waals surface area contributed by atoms with E-state index in [1.807, 2.05) is 6.92 Å². The van der Waals surface area contributed by atoms with Crippen LogP contribution in [0.2, 0.25) is 0 Å². The number of nitrogens with one attached hydrogen (secondary N) is 1. The van der Waals surface area contributed by atoms with Gasteiger partial charge in [0, 0.05) is 38.2 Å². The molecule has 1 aromatic carbocycles. The summed E-state index contributed by atoms with van der Waals surface area (Å²) in [7, 11) is -3.29. The summed E-state index contributed by atoms with van der Waals surface area (Å²) in [4.78, 5) is 23.1. The van der Waals surface area contributed by atoms with Crippen LogP contribution in [0.3, 0.4) is 0 Å². The van der Waals surface area contributed by atoms with Gasteiger partial charge in [-0.15, -0.1) is 0 Å². The number of amides is 1. The van der Waals surface area contributed by atoms with Gasteiger partial charge in [0.15, 0.2) is 17.4 Å². The summed E-state index contributed by atoms with van der Waals surface area (Å²) in [5.74, 6) is -3.28.